The second-order valence-corrected chi connectivity index (χ2v) is 5.41. The molecule has 0 spiro atoms. The molecule has 0 radical (unpaired) electrons. The SMILES string of the molecule is CCCNC(c1cccc(CCC)c1)c1ccnc(C)n1. The van der Waals surface area contributed by atoms with Crippen molar-refractivity contribution >= 4 is 0 Å². The van der Waals surface area contributed by atoms with Crippen LogP contribution in [0.3, 0.4) is 0 Å². The van der Waals surface area contributed by atoms with Gasteiger partial charge in [0.25, 0.3) is 0 Å². The van der Waals surface area contributed by atoms with E-state index < -0.39 is 0 Å². The van der Waals surface area contributed by atoms with Crippen molar-refractivity contribution < 1.29 is 0 Å². The van der Waals surface area contributed by atoms with E-state index in [1.165, 1.54) is 17.5 Å². The van der Waals surface area contributed by atoms with E-state index in [0.717, 1.165) is 30.9 Å². The zero-order chi connectivity index (χ0) is 15.1. The largest absolute Gasteiger partial charge is 0.305 e. The quantitative estimate of drug-likeness (QED) is 0.839. The van der Waals surface area contributed by atoms with Gasteiger partial charge in [0.05, 0.1) is 11.7 Å². The van der Waals surface area contributed by atoms with E-state index in [2.05, 4.69) is 53.4 Å². The van der Waals surface area contributed by atoms with Crippen molar-refractivity contribution in [3.05, 3.63) is 59.2 Å². The van der Waals surface area contributed by atoms with E-state index in [9.17, 15) is 0 Å². The maximum Gasteiger partial charge on any atom is 0.125 e. The number of aromatic nitrogens is 2. The molecule has 1 unspecified atom stereocenters. The first-order valence-corrected chi connectivity index (χ1v) is 7.86. The maximum absolute atomic E-state index is 4.60. The van der Waals surface area contributed by atoms with E-state index in [4.69, 9.17) is 0 Å². The second-order valence-electron chi connectivity index (χ2n) is 5.41. The molecule has 3 heteroatoms. The van der Waals surface area contributed by atoms with Crippen LogP contribution in [-0.4, -0.2) is 16.5 Å². The van der Waals surface area contributed by atoms with Crippen molar-refractivity contribution in [1.82, 2.24) is 15.3 Å². The molecular weight excluding hydrogens is 258 g/mol. The van der Waals surface area contributed by atoms with E-state index in [1.54, 1.807) is 0 Å². The fraction of sp³-hybridized carbons (Fsp3) is 0.444. The van der Waals surface area contributed by atoms with Crippen LogP contribution in [0, 0.1) is 6.92 Å². The zero-order valence-corrected chi connectivity index (χ0v) is 13.3. The van der Waals surface area contributed by atoms with Crippen LogP contribution in [0.1, 0.15) is 55.4 Å². The molecule has 0 fully saturated rings. The number of nitrogens with one attached hydrogen (secondary N) is 1. The molecule has 0 bridgehead atoms. The summed E-state index contributed by atoms with van der Waals surface area (Å²) in [5.74, 6) is 0.820. The smallest absolute Gasteiger partial charge is 0.125 e. The van der Waals surface area contributed by atoms with Gasteiger partial charge >= 0.3 is 0 Å². The topological polar surface area (TPSA) is 37.8 Å². The molecule has 1 N–H and O–H groups in total. The number of rotatable bonds is 7. The van der Waals surface area contributed by atoms with Crippen molar-refractivity contribution in [2.45, 2.75) is 46.1 Å². The number of benzene rings is 1. The van der Waals surface area contributed by atoms with Crippen molar-refractivity contribution in [3.63, 3.8) is 0 Å². The van der Waals surface area contributed by atoms with Gasteiger partial charge in [-0.15, -0.1) is 0 Å². The summed E-state index contributed by atoms with van der Waals surface area (Å²) in [7, 11) is 0. The molecule has 2 rings (SSSR count). The number of aryl methyl sites for hydroxylation is 2. The van der Waals surface area contributed by atoms with Crippen LogP contribution in [0.2, 0.25) is 0 Å². The molecule has 0 aliphatic carbocycles. The summed E-state index contributed by atoms with van der Waals surface area (Å²) < 4.78 is 0. The van der Waals surface area contributed by atoms with E-state index in [0.29, 0.717) is 0 Å². The Kier molecular flexibility index (Phi) is 5.88. The number of nitrogens with zero attached hydrogens (tertiary/aromatic N) is 2. The Morgan fingerprint density at radius 3 is 2.71 bits per heavy atom. The summed E-state index contributed by atoms with van der Waals surface area (Å²) in [4.78, 5) is 8.81. The monoisotopic (exact) mass is 283 g/mol. The molecule has 1 aromatic carbocycles. The Balaban J connectivity index is 2.33. The number of hydrogen-bond donors (Lipinski definition) is 1. The normalized spacial score (nSPS) is 12.3. The first kappa shape index (κ1) is 15.6. The van der Waals surface area contributed by atoms with Crippen LogP contribution in [0.15, 0.2) is 36.5 Å². The Labute approximate surface area is 127 Å². The minimum Gasteiger partial charge on any atom is -0.305 e. The van der Waals surface area contributed by atoms with Crippen LogP contribution in [0.4, 0.5) is 0 Å². The predicted octanol–water partition coefficient (Wildman–Crippen LogP) is 3.83. The lowest BCUT2D eigenvalue weighted by atomic mass is 9.99. The molecule has 0 aliphatic heterocycles. The van der Waals surface area contributed by atoms with Gasteiger partial charge < -0.3 is 5.32 Å². The van der Waals surface area contributed by atoms with E-state index >= 15 is 0 Å². The first-order chi connectivity index (χ1) is 10.2. The Hall–Kier alpha value is -1.74. The van der Waals surface area contributed by atoms with Crippen LogP contribution in [-0.2, 0) is 6.42 Å². The molecule has 112 valence electrons. The summed E-state index contributed by atoms with van der Waals surface area (Å²) in [5, 5.41) is 3.61. The molecule has 3 nitrogen and oxygen atoms in total. The summed E-state index contributed by atoms with van der Waals surface area (Å²) in [6.07, 6.45) is 5.24. The molecule has 0 aliphatic rings. The van der Waals surface area contributed by atoms with Gasteiger partial charge in [0, 0.05) is 6.20 Å². The van der Waals surface area contributed by atoms with Gasteiger partial charge in [-0.25, -0.2) is 9.97 Å². The lowest BCUT2D eigenvalue weighted by Crippen LogP contribution is -2.24. The first-order valence-electron chi connectivity index (χ1n) is 7.86. The molecule has 0 amide bonds. The van der Waals surface area contributed by atoms with Gasteiger partial charge in [-0.2, -0.15) is 0 Å². The third kappa shape index (κ3) is 4.36. The highest BCUT2D eigenvalue weighted by atomic mass is 15.0. The highest BCUT2D eigenvalue weighted by Gasteiger charge is 2.15. The molecule has 1 heterocycles. The summed E-state index contributed by atoms with van der Waals surface area (Å²) in [5.41, 5.74) is 3.72. The van der Waals surface area contributed by atoms with Crippen LogP contribution in [0.5, 0.6) is 0 Å². The molecule has 1 aromatic heterocycles. The lowest BCUT2D eigenvalue weighted by Gasteiger charge is -2.19. The zero-order valence-electron chi connectivity index (χ0n) is 13.3. The average molecular weight is 283 g/mol. The van der Waals surface area contributed by atoms with Crippen molar-refractivity contribution in [2.24, 2.45) is 0 Å². The Bertz CT molecular complexity index is 566. The third-order valence-corrected chi connectivity index (χ3v) is 3.51. The fourth-order valence-corrected chi connectivity index (χ4v) is 2.53. The molecular formula is C18H25N3. The average Bonchev–Trinajstić information content (AvgIpc) is 2.49. The minimum absolute atomic E-state index is 0.142. The van der Waals surface area contributed by atoms with Gasteiger partial charge in [-0.3, -0.25) is 0 Å². The van der Waals surface area contributed by atoms with Gasteiger partial charge in [0.2, 0.25) is 0 Å². The van der Waals surface area contributed by atoms with Crippen molar-refractivity contribution in [1.29, 1.82) is 0 Å². The highest BCUT2D eigenvalue weighted by molar-refractivity contribution is 5.31. The molecule has 0 saturated heterocycles. The predicted molar refractivity (Wildman–Crippen MR) is 87.3 cm³/mol. The van der Waals surface area contributed by atoms with Gasteiger partial charge in [-0.05, 0) is 43.5 Å². The summed E-state index contributed by atoms with van der Waals surface area (Å²) >= 11 is 0. The van der Waals surface area contributed by atoms with Crippen molar-refractivity contribution in [2.75, 3.05) is 6.54 Å². The second kappa shape index (κ2) is 7.89. The van der Waals surface area contributed by atoms with Gasteiger partial charge in [0.1, 0.15) is 5.82 Å². The highest BCUT2D eigenvalue weighted by Crippen LogP contribution is 2.22. The maximum atomic E-state index is 4.60. The standard InChI is InChI=1S/C18H25N3/c1-4-7-15-8-6-9-16(13-15)18(20-11-5-2)17-10-12-19-14(3)21-17/h6,8-10,12-13,18,20H,4-5,7,11H2,1-3H3. The third-order valence-electron chi connectivity index (χ3n) is 3.51. The van der Waals surface area contributed by atoms with E-state index in [-0.39, 0.29) is 6.04 Å². The van der Waals surface area contributed by atoms with Crippen LogP contribution < -0.4 is 5.32 Å². The summed E-state index contributed by atoms with van der Waals surface area (Å²) in [6.45, 7) is 7.32. The van der Waals surface area contributed by atoms with Crippen LogP contribution in [0.25, 0.3) is 0 Å². The van der Waals surface area contributed by atoms with E-state index in [1.807, 2.05) is 19.2 Å². The Morgan fingerprint density at radius 2 is 2.00 bits per heavy atom. The molecule has 1 atom stereocenters. The minimum atomic E-state index is 0.142. The molecule has 0 saturated carbocycles. The van der Waals surface area contributed by atoms with Gasteiger partial charge in [0.15, 0.2) is 0 Å². The fourth-order valence-electron chi connectivity index (χ4n) is 2.53. The van der Waals surface area contributed by atoms with Gasteiger partial charge in [-0.1, -0.05) is 44.5 Å². The van der Waals surface area contributed by atoms with Crippen molar-refractivity contribution in [3.8, 4) is 0 Å². The Morgan fingerprint density at radius 1 is 1.14 bits per heavy atom. The summed E-state index contributed by atoms with van der Waals surface area (Å²) in [6, 6.07) is 11.0. The lowest BCUT2D eigenvalue weighted by molar-refractivity contribution is 0.583. The molecule has 21 heavy (non-hydrogen) atoms. The van der Waals surface area contributed by atoms with Crippen LogP contribution >= 0.6 is 0 Å². The molecule has 2 aromatic rings. The number of hydrogen-bond acceptors (Lipinski definition) is 3.